The number of hydrogen-bond acceptors (Lipinski definition) is 2. The highest BCUT2D eigenvalue weighted by molar-refractivity contribution is 5.46. The van der Waals surface area contributed by atoms with Gasteiger partial charge in [-0.25, -0.2) is 0 Å². The summed E-state index contributed by atoms with van der Waals surface area (Å²) in [6.07, 6.45) is 11.2. The zero-order valence-corrected chi connectivity index (χ0v) is 11.6. The van der Waals surface area contributed by atoms with Crippen molar-refractivity contribution in [2.24, 2.45) is 7.05 Å². The maximum Gasteiger partial charge on any atom is 0.0853 e. The Balaban J connectivity index is 2.13. The van der Waals surface area contributed by atoms with E-state index in [1.54, 1.807) is 0 Å². The molecule has 3 heteroatoms. The highest BCUT2D eigenvalue weighted by Crippen LogP contribution is 2.14. The van der Waals surface area contributed by atoms with Crippen molar-refractivity contribution in [1.82, 2.24) is 9.78 Å². The van der Waals surface area contributed by atoms with E-state index < -0.39 is 0 Å². The van der Waals surface area contributed by atoms with Gasteiger partial charge in [0.1, 0.15) is 0 Å². The van der Waals surface area contributed by atoms with Crippen molar-refractivity contribution in [3.05, 3.63) is 11.9 Å². The van der Waals surface area contributed by atoms with Crippen LogP contribution in [-0.4, -0.2) is 16.3 Å². The molecule has 17 heavy (non-hydrogen) atoms. The second kappa shape index (κ2) is 8.15. The van der Waals surface area contributed by atoms with Crippen molar-refractivity contribution < 1.29 is 0 Å². The third-order valence-corrected chi connectivity index (χ3v) is 3.09. The van der Waals surface area contributed by atoms with Crippen LogP contribution in [0.15, 0.2) is 6.20 Å². The lowest BCUT2D eigenvalue weighted by molar-refractivity contribution is 0.617. The Labute approximate surface area is 106 Å². The largest absolute Gasteiger partial charge is 0.382 e. The number of unbranched alkanes of at least 4 members (excludes halogenated alkanes) is 5. The van der Waals surface area contributed by atoms with Crippen molar-refractivity contribution >= 4 is 5.69 Å². The Morgan fingerprint density at radius 1 is 1.12 bits per heavy atom. The molecule has 3 nitrogen and oxygen atoms in total. The van der Waals surface area contributed by atoms with Gasteiger partial charge in [0, 0.05) is 19.8 Å². The summed E-state index contributed by atoms with van der Waals surface area (Å²) in [5, 5.41) is 7.92. The van der Waals surface area contributed by atoms with Gasteiger partial charge in [-0.15, -0.1) is 0 Å². The van der Waals surface area contributed by atoms with Crippen LogP contribution in [-0.2, 0) is 13.5 Å². The van der Waals surface area contributed by atoms with Gasteiger partial charge < -0.3 is 5.32 Å². The van der Waals surface area contributed by atoms with Crippen molar-refractivity contribution in [2.75, 3.05) is 11.9 Å². The van der Waals surface area contributed by atoms with Crippen LogP contribution in [0.3, 0.4) is 0 Å². The standard InChI is InChI=1S/C14H27N3/c1-4-6-7-8-9-10-11-15-14-12-17(3)16-13(14)5-2/h12,15H,4-11H2,1-3H3. The summed E-state index contributed by atoms with van der Waals surface area (Å²) in [6.45, 7) is 5.49. The lowest BCUT2D eigenvalue weighted by atomic mass is 10.1. The monoisotopic (exact) mass is 237 g/mol. The van der Waals surface area contributed by atoms with E-state index in [1.165, 1.54) is 49.9 Å². The molecule has 98 valence electrons. The number of aryl methyl sites for hydroxylation is 2. The Kier molecular flexibility index (Phi) is 6.75. The number of anilines is 1. The average Bonchev–Trinajstić information content (AvgIpc) is 2.68. The van der Waals surface area contributed by atoms with Crippen molar-refractivity contribution in [2.45, 2.75) is 58.8 Å². The number of hydrogen-bond donors (Lipinski definition) is 1. The van der Waals surface area contributed by atoms with E-state index >= 15 is 0 Å². The predicted octanol–water partition coefficient (Wildman–Crippen LogP) is 3.75. The van der Waals surface area contributed by atoms with Gasteiger partial charge in [-0.3, -0.25) is 4.68 Å². The van der Waals surface area contributed by atoms with E-state index in [9.17, 15) is 0 Å². The van der Waals surface area contributed by atoms with E-state index in [0.717, 1.165) is 13.0 Å². The highest BCUT2D eigenvalue weighted by Gasteiger charge is 2.03. The maximum absolute atomic E-state index is 4.42. The molecular formula is C14H27N3. The fourth-order valence-electron chi connectivity index (χ4n) is 2.07. The summed E-state index contributed by atoms with van der Waals surface area (Å²) >= 11 is 0. The van der Waals surface area contributed by atoms with Crippen molar-refractivity contribution in [3.8, 4) is 0 Å². The maximum atomic E-state index is 4.42. The first-order valence-corrected chi connectivity index (χ1v) is 7.04. The molecule has 0 saturated carbocycles. The fraction of sp³-hybridized carbons (Fsp3) is 0.786. The van der Waals surface area contributed by atoms with Gasteiger partial charge in [0.05, 0.1) is 11.4 Å². The van der Waals surface area contributed by atoms with E-state index in [-0.39, 0.29) is 0 Å². The van der Waals surface area contributed by atoms with Crippen LogP contribution in [0.25, 0.3) is 0 Å². The van der Waals surface area contributed by atoms with E-state index in [2.05, 4.69) is 30.5 Å². The normalized spacial score (nSPS) is 10.8. The summed E-state index contributed by atoms with van der Waals surface area (Å²) in [5.41, 5.74) is 2.39. The Bertz CT molecular complexity index is 304. The van der Waals surface area contributed by atoms with Gasteiger partial charge in [-0.2, -0.15) is 5.10 Å². The molecule has 0 radical (unpaired) electrons. The van der Waals surface area contributed by atoms with Crippen LogP contribution in [0.4, 0.5) is 5.69 Å². The minimum Gasteiger partial charge on any atom is -0.382 e. The van der Waals surface area contributed by atoms with E-state index in [1.807, 2.05) is 11.7 Å². The number of nitrogens with one attached hydrogen (secondary N) is 1. The molecule has 0 bridgehead atoms. The van der Waals surface area contributed by atoms with Crippen LogP contribution < -0.4 is 5.32 Å². The summed E-state index contributed by atoms with van der Waals surface area (Å²) in [4.78, 5) is 0. The summed E-state index contributed by atoms with van der Waals surface area (Å²) in [5.74, 6) is 0. The van der Waals surface area contributed by atoms with Gasteiger partial charge in [-0.1, -0.05) is 46.0 Å². The molecule has 0 aliphatic rings. The first-order valence-electron chi connectivity index (χ1n) is 7.04. The number of rotatable bonds is 9. The van der Waals surface area contributed by atoms with E-state index in [0.29, 0.717) is 0 Å². The molecular weight excluding hydrogens is 210 g/mol. The molecule has 1 rings (SSSR count). The lowest BCUT2D eigenvalue weighted by Crippen LogP contribution is -2.02. The SMILES string of the molecule is CCCCCCCCNc1cn(C)nc1CC. The molecule has 0 aliphatic carbocycles. The average molecular weight is 237 g/mol. The van der Waals surface area contributed by atoms with Gasteiger partial charge in [0.25, 0.3) is 0 Å². The lowest BCUT2D eigenvalue weighted by Gasteiger charge is -2.05. The third-order valence-electron chi connectivity index (χ3n) is 3.09. The van der Waals surface area contributed by atoms with Gasteiger partial charge in [0.15, 0.2) is 0 Å². The number of nitrogens with zero attached hydrogens (tertiary/aromatic N) is 2. The van der Waals surface area contributed by atoms with Crippen LogP contribution in [0.2, 0.25) is 0 Å². The Morgan fingerprint density at radius 2 is 1.82 bits per heavy atom. The summed E-state index contributed by atoms with van der Waals surface area (Å²) in [6, 6.07) is 0. The Morgan fingerprint density at radius 3 is 2.53 bits per heavy atom. The highest BCUT2D eigenvalue weighted by atomic mass is 15.3. The smallest absolute Gasteiger partial charge is 0.0853 e. The van der Waals surface area contributed by atoms with Crippen LogP contribution in [0.5, 0.6) is 0 Å². The minimum atomic E-state index is 1.000. The van der Waals surface area contributed by atoms with Crippen molar-refractivity contribution in [3.63, 3.8) is 0 Å². The number of aromatic nitrogens is 2. The molecule has 0 fully saturated rings. The molecule has 1 aromatic heterocycles. The quantitative estimate of drug-likeness (QED) is 0.663. The van der Waals surface area contributed by atoms with Gasteiger partial charge >= 0.3 is 0 Å². The molecule has 0 atom stereocenters. The summed E-state index contributed by atoms with van der Waals surface area (Å²) in [7, 11) is 1.98. The molecule has 0 aliphatic heterocycles. The van der Waals surface area contributed by atoms with Crippen LogP contribution >= 0.6 is 0 Å². The molecule has 0 unspecified atom stereocenters. The molecule has 0 amide bonds. The molecule has 1 aromatic rings. The minimum absolute atomic E-state index is 1.000. The van der Waals surface area contributed by atoms with Gasteiger partial charge in [-0.05, 0) is 12.8 Å². The first-order chi connectivity index (χ1) is 8.27. The predicted molar refractivity (Wildman–Crippen MR) is 74.5 cm³/mol. The molecule has 0 saturated heterocycles. The topological polar surface area (TPSA) is 29.9 Å². The molecule has 0 spiro atoms. The zero-order chi connectivity index (χ0) is 12.5. The molecule has 1 N–H and O–H groups in total. The van der Waals surface area contributed by atoms with Crippen molar-refractivity contribution in [1.29, 1.82) is 0 Å². The van der Waals surface area contributed by atoms with Crippen LogP contribution in [0.1, 0.15) is 58.1 Å². The van der Waals surface area contributed by atoms with E-state index in [4.69, 9.17) is 0 Å². The van der Waals surface area contributed by atoms with Gasteiger partial charge in [0.2, 0.25) is 0 Å². The zero-order valence-electron chi connectivity index (χ0n) is 11.6. The Hall–Kier alpha value is -0.990. The second-order valence-electron chi connectivity index (χ2n) is 4.71. The third kappa shape index (κ3) is 5.24. The molecule has 1 heterocycles. The second-order valence-corrected chi connectivity index (χ2v) is 4.71. The molecule has 0 aromatic carbocycles. The fourth-order valence-corrected chi connectivity index (χ4v) is 2.07. The first kappa shape index (κ1) is 14.1. The van der Waals surface area contributed by atoms with Crippen LogP contribution in [0, 0.1) is 0 Å². The summed E-state index contributed by atoms with van der Waals surface area (Å²) < 4.78 is 1.89.